The minimum Gasteiger partial charge on any atom is -0.383 e. The van der Waals surface area contributed by atoms with Gasteiger partial charge in [0.2, 0.25) is 0 Å². The van der Waals surface area contributed by atoms with Gasteiger partial charge in [-0.2, -0.15) is 0 Å². The lowest BCUT2D eigenvalue weighted by Gasteiger charge is -2.11. The van der Waals surface area contributed by atoms with E-state index in [1.165, 1.54) is 11.3 Å². The fourth-order valence-electron chi connectivity index (χ4n) is 4.07. The standard InChI is InChI=1S/C27H20N6OS/c28-24-20(6-3-13-29-24)25-32-21-7-4-14-30-26(21)33(25)19-11-9-17(10-12-19)16-31-27(34)23-15-18-5-1-2-8-22(18)35-23/h1-15H,16H2,(H2,28,29)(H,31,34). The summed E-state index contributed by atoms with van der Waals surface area (Å²) in [4.78, 5) is 26.9. The fourth-order valence-corrected chi connectivity index (χ4v) is 5.05. The lowest BCUT2D eigenvalue weighted by Crippen LogP contribution is -2.21. The zero-order chi connectivity index (χ0) is 23.8. The van der Waals surface area contributed by atoms with Crippen molar-refractivity contribution in [3.05, 3.63) is 102 Å². The van der Waals surface area contributed by atoms with Crippen LogP contribution in [0, 0.1) is 0 Å². The van der Waals surface area contributed by atoms with E-state index in [4.69, 9.17) is 10.7 Å². The molecule has 8 heteroatoms. The summed E-state index contributed by atoms with van der Waals surface area (Å²) in [5.41, 5.74) is 10.3. The number of hydrogen-bond acceptors (Lipinski definition) is 6. The molecule has 0 radical (unpaired) electrons. The summed E-state index contributed by atoms with van der Waals surface area (Å²) in [7, 11) is 0. The topological polar surface area (TPSA) is 98.7 Å². The van der Waals surface area contributed by atoms with Crippen LogP contribution in [0.1, 0.15) is 15.2 Å². The van der Waals surface area contributed by atoms with Crippen molar-refractivity contribution in [2.24, 2.45) is 0 Å². The summed E-state index contributed by atoms with van der Waals surface area (Å²) in [6.07, 6.45) is 3.40. The highest BCUT2D eigenvalue weighted by atomic mass is 32.1. The number of nitrogens with two attached hydrogens (primary N) is 1. The van der Waals surface area contributed by atoms with Gasteiger partial charge in [0.05, 0.1) is 10.4 Å². The highest BCUT2D eigenvalue weighted by Gasteiger charge is 2.17. The summed E-state index contributed by atoms with van der Waals surface area (Å²) in [5, 5.41) is 4.10. The molecular formula is C27H20N6OS. The van der Waals surface area contributed by atoms with Gasteiger partial charge in [0.1, 0.15) is 11.3 Å². The molecule has 6 aromatic rings. The number of anilines is 1. The third-order valence-corrected chi connectivity index (χ3v) is 6.91. The van der Waals surface area contributed by atoms with Crippen LogP contribution in [-0.4, -0.2) is 25.4 Å². The molecule has 0 atom stereocenters. The Labute approximate surface area is 204 Å². The predicted molar refractivity (Wildman–Crippen MR) is 140 cm³/mol. The number of benzene rings is 2. The Bertz CT molecular complexity index is 1650. The third kappa shape index (κ3) is 3.89. The summed E-state index contributed by atoms with van der Waals surface area (Å²) < 4.78 is 3.08. The Balaban J connectivity index is 1.28. The Morgan fingerprint density at radius 1 is 0.943 bits per heavy atom. The van der Waals surface area contributed by atoms with Gasteiger partial charge in [-0.15, -0.1) is 11.3 Å². The number of amides is 1. The first-order valence-corrected chi connectivity index (χ1v) is 11.9. The number of carbonyl (C=O) groups excluding carboxylic acids is 1. The van der Waals surface area contributed by atoms with Crippen molar-refractivity contribution >= 4 is 44.3 Å². The highest BCUT2D eigenvalue weighted by molar-refractivity contribution is 7.20. The number of fused-ring (bicyclic) bond motifs is 2. The van der Waals surface area contributed by atoms with Gasteiger partial charge in [-0.3, -0.25) is 9.36 Å². The number of thiophene rings is 1. The van der Waals surface area contributed by atoms with Crippen LogP contribution in [0.3, 0.4) is 0 Å². The van der Waals surface area contributed by atoms with Gasteiger partial charge >= 0.3 is 0 Å². The minimum absolute atomic E-state index is 0.0746. The van der Waals surface area contributed by atoms with Crippen LogP contribution < -0.4 is 11.1 Å². The van der Waals surface area contributed by atoms with E-state index in [1.807, 2.05) is 83.4 Å². The van der Waals surface area contributed by atoms with E-state index >= 15 is 0 Å². The molecule has 170 valence electrons. The number of nitrogens with zero attached hydrogens (tertiary/aromatic N) is 4. The zero-order valence-electron chi connectivity index (χ0n) is 18.6. The van der Waals surface area contributed by atoms with E-state index in [2.05, 4.69) is 15.3 Å². The zero-order valence-corrected chi connectivity index (χ0v) is 19.4. The van der Waals surface area contributed by atoms with Crippen LogP contribution >= 0.6 is 11.3 Å². The molecule has 0 bridgehead atoms. The second-order valence-electron chi connectivity index (χ2n) is 8.05. The van der Waals surface area contributed by atoms with Crippen molar-refractivity contribution < 1.29 is 4.79 Å². The third-order valence-electron chi connectivity index (χ3n) is 5.79. The molecule has 0 fully saturated rings. The van der Waals surface area contributed by atoms with E-state index in [-0.39, 0.29) is 5.91 Å². The van der Waals surface area contributed by atoms with Gasteiger partial charge in [0.15, 0.2) is 11.5 Å². The smallest absolute Gasteiger partial charge is 0.261 e. The van der Waals surface area contributed by atoms with E-state index in [1.54, 1.807) is 12.4 Å². The molecule has 4 heterocycles. The monoisotopic (exact) mass is 476 g/mol. The van der Waals surface area contributed by atoms with E-state index in [0.29, 0.717) is 23.1 Å². The predicted octanol–water partition coefficient (Wildman–Crippen LogP) is 5.21. The Hall–Kier alpha value is -4.56. The summed E-state index contributed by atoms with van der Waals surface area (Å²) in [6, 6.07) is 25.4. The first-order chi connectivity index (χ1) is 17.2. The van der Waals surface area contributed by atoms with Crippen molar-refractivity contribution in [2.75, 3.05) is 5.73 Å². The maximum atomic E-state index is 12.7. The molecule has 3 N–H and O–H groups in total. The SMILES string of the molecule is Nc1ncccc1-c1nc2cccnc2n1-c1ccc(CNC(=O)c2cc3ccccc3s2)cc1. The minimum atomic E-state index is -0.0746. The molecule has 2 aromatic carbocycles. The number of hydrogen-bond donors (Lipinski definition) is 2. The molecule has 6 rings (SSSR count). The van der Waals surface area contributed by atoms with Crippen LogP contribution in [0.2, 0.25) is 0 Å². The number of aromatic nitrogens is 4. The Kier molecular flexibility index (Phi) is 5.20. The first kappa shape index (κ1) is 21.0. The number of nitrogens with one attached hydrogen (secondary N) is 1. The molecule has 0 aliphatic heterocycles. The lowest BCUT2D eigenvalue weighted by molar-refractivity contribution is 0.0955. The maximum Gasteiger partial charge on any atom is 0.261 e. The molecule has 0 aliphatic rings. The van der Waals surface area contributed by atoms with Gasteiger partial charge < -0.3 is 11.1 Å². The van der Waals surface area contributed by atoms with Crippen LogP contribution in [0.5, 0.6) is 0 Å². The van der Waals surface area contributed by atoms with Crippen LogP contribution in [0.25, 0.3) is 38.3 Å². The molecule has 1 amide bonds. The van der Waals surface area contributed by atoms with E-state index in [0.717, 1.165) is 38.1 Å². The van der Waals surface area contributed by atoms with Crippen LogP contribution in [0.15, 0.2) is 91.3 Å². The molecule has 0 spiro atoms. The van der Waals surface area contributed by atoms with Gasteiger partial charge in [0, 0.05) is 29.3 Å². The van der Waals surface area contributed by atoms with Gasteiger partial charge in [0.25, 0.3) is 5.91 Å². The molecule has 0 saturated heterocycles. The maximum absolute atomic E-state index is 12.7. The average molecular weight is 477 g/mol. The second-order valence-corrected chi connectivity index (χ2v) is 9.13. The van der Waals surface area contributed by atoms with Gasteiger partial charge in [-0.25, -0.2) is 15.0 Å². The number of pyridine rings is 2. The first-order valence-electron chi connectivity index (χ1n) is 11.1. The number of carbonyl (C=O) groups is 1. The molecule has 0 saturated carbocycles. The van der Waals surface area contributed by atoms with E-state index < -0.39 is 0 Å². The molecule has 4 aromatic heterocycles. The van der Waals surface area contributed by atoms with Crippen molar-refractivity contribution in [1.82, 2.24) is 24.8 Å². The van der Waals surface area contributed by atoms with Crippen molar-refractivity contribution in [3.63, 3.8) is 0 Å². The number of nitrogen functional groups attached to an aromatic ring is 1. The normalized spacial score (nSPS) is 11.2. The average Bonchev–Trinajstić information content (AvgIpc) is 3.50. The van der Waals surface area contributed by atoms with E-state index in [9.17, 15) is 4.79 Å². The van der Waals surface area contributed by atoms with Gasteiger partial charge in [-0.1, -0.05) is 30.3 Å². The van der Waals surface area contributed by atoms with Crippen molar-refractivity contribution in [1.29, 1.82) is 0 Å². The quantitative estimate of drug-likeness (QED) is 0.356. The van der Waals surface area contributed by atoms with Crippen LogP contribution in [-0.2, 0) is 6.54 Å². The Morgan fingerprint density at radius 2 is 1.74 bits per heavy atom. The summed E-state index contributed by atoms with van der Waals surface area (Å²) in [6.45, 7) is 0.429. The lowest BCUT2D eigenvalue weighted by atomic mass is 10.2. The summed E-state index contributed by atoms with van der Waals surface area (Å²) in [5.74, 6) is 1.01. The molecule has 0 unspecified atom stereocenters. The van der Waals surface area contributed by atoms with Gasteiger partial charge in [-0.05, 0) is 59.5 Å². The fraction of sp³-hybridized carbons (Fsp3) is 0.0370. The molecule has 0 aliphatic carbocycles. The molecular weight excluding hydrogens is 456 g/mol. The van der Waals surface area contributed by atoms with Crippen LogP contribution in [0.4, 0.5) is 5.82 Å². The number of rotatable bonds is 5. The Morgan fingerprint density at radius 3 is 2.57 bits per heavy atom. The second kappa shape index (κ2) is 8.66. The molecule has 7 nitrogen and oxygen atoms in total. The summed E-state index contributed by atoms with van der Waals surface area (Å²) >= 11 is 1.50. The van der Waals surface area contributed by atoms with Crippen molar-refractivity contribution in [3.8, 4) is 17.1 Å². The molecule has 35 heavy (non-hydrogen) atoms. The highest BCUT2D eigenvalue weighted by Crippen LogP contribution is 2.30. The number of imidazole rings is 1. The van der Waals surface area contributed by atoms with Crippen molar-refractivity contribution in [2.45, 2.75) is 6.54 Å². The largest absolute Gasteiger partial charge is 0.383 e.